The summed E-state index contributed by atoms with van der Waals surface area (Å²) >= 11 is 1.48. The standard InChI is InChI=1S/C13H15N3O4S/c1-7-6-21-11(15-7)8(2)16-13(19)14-5-9-3-4-10(20-9)12(17)18/h3-4,6,8H,5H2,1-2H3,(H,17,18)(H2,14,16,19). The summed E-state index contributed by atoms with van der Waals surface area (Å²) in [5.74, 6) is -0.919. The third-order valence-corrected chi connectivity index (χ3v) is 3.80. The van der Waals surface area contributed by atoms with Crippen molar-refractivity contribution in [3.05, 3.63) is 39.7 Å². The number of aromatic nitrogens is 1. The SMILES string of the molecule is Cc1csc(C(C)NC(=O)NCc2ccc(C(=O)O)o2)n1. The number of hydrogen-bond acceptors (Lipinski definition) is 5. The Labute approximate surface area is 125 Å². The summed E-state index contributed by atoms with van der Waals surface area (Å²) in [4.78, 5) is 26.7. The predicted octanol–water partition coefficient (Wildman–Crippen LogP) is 2.30. The molecular formula is C13H15N3O4S. The highest BCUT2D eigenvalue weighted by Crippen LogP contribution is 2.17. The number of carboxylic acids is 1. The average molecular weight is 309 g/mol. The van der Waals surface area contributed by atoms with Gasteiger partial charge in [0.2, 0.25) is 5.76 Å². The fourth-order valence-electron chi connectivity index (χ4n) is 1.64. The lowest BCUT2D eigenvalue weighted by atomic mass is 10.3. The second kappa shape index (κ2) is 6.40. The maximum Gasteiger partial charge on any atom is 0.371 e. The topological polar surface area (TPSA) is 104 Å². The Bertz CT molecular complexity index is 649. The molecule has 0 fully saturated rings. The van der Waals surface area contributed by atoms with Crippen molar-refractivity contribution in [3.63, 3.8) is 0 Å². The first-order chi connectivity index (χ1) is 9.95. The molecule has 0 aliphatic rings. The van der Waals surface area contributed by atoms with Crippen LogP contribution in [-0.2, 0) is 6.54 Å². The lowest BCUT2D eigenvalue weighted by Gasteiger charge is -2.11. The van der Waals surface area contributed by atoms with Crippen molar-refractivity contribution < 1.29 is 19.1 Å². The van der Waals surface area contributed by atoms with E-state index in [0.717, 1.165) is 10.7 Å². The Kier molecular flexibility index (Phi) is 4.59. The molecule has 0 bridgehead atoms. The summed E-state index contributed by atoms with van der Waals surface area (Å²) in [5, 5.41) is 16.8. The van der Waals surface area contributed by atoms with E-state index in [-0.39, 0.29) is 24.4 Å². The number of rotatable bonds is 5. The number of amides is 2. The van der Waals surface area contributed by atoms with E-state index in [1.807, 2.05) is 19.2 Å². The minimum Gasteiger partial charge on any atom is -0.475 e. The first kappa shape index (κ1) is 15.0. The number of carbonyl (C=O) groups excluding carboxylic acids is 1. The largest absolute Gasteiger partial charge is 0.475 e. The van der Waals surface area contributed by atoms with Crippen LogP contribution >= 0.6 is 11.3 Å². The van der Waals surface area contributed by atoms with Crippen molar-refractivity contribution in [1.29, 1.82) is 0 Å². The van der Waals surface area contributed by atoms with E-state index in [9.17, 15) is 9.59 Å². The molecule has 0 aliphatic carbocycles. The third-order valence-electron chi connectivity index (χ3n) is 2.65. The van der Waals surface area contributed by atoms with Gasteiger partial charge < -0.3 is 20.2 Å². The van der Waals surface area contributed by atoms with Gasteiger partial charge in [-0.25, -0.2) is 14.6 Å². The predicted molar refractivity (Wildman–Crippen MR) is 76.3 cm³/mol. The van der Waals surface area contributed by atoms with Crippen LogP contribution < -0.4 is 10.6 Å². The summed E-state index contributed by atoms with van der Waals surface area (Å²) < 4.78 is 5.04. The van der Waals surface area contributed by atoms with Crippen molar-refractivity contribution in [2.45, 2.75) is 26.4 Å². The molecule has 0 aliphatic heterocycles. The van der Waals surface area contributed by atoms with E-state index in [2.05, 4.69) is 15.6 Å². The first-order valence-corrected chi connectivity index (χ1v) is 7.12. The number of nitrogens with zero attached hydrogens (tertiary/aromatic N) is 1. The zero-order chi connectivity index (χ0) is 15.4. The summed E-state index contributed by atoms with van der Waals surface area (Å²) in [6.07, 6.45) is 0. The number of urea groups is 1. The fraction of sp³-hybridized carbons (Fsp3) is 0.308. The van der Waals surface area contributed by atoms with Crippen LogP contribution in [-0.4, -0.2) is 22.1 Å². The molecule has 0 radical (unpaired) electrons. The van der Waals surface area contributed by atoms with Crippen molar-refractivity contribution in [2.75, 3.05) is 0 Å². The van der Waals surface area contributed by atoms with E-state index in [1.54, 1.807) is 0 Å². The molecule has 21 heavy (non-hydrogen) atoms. The van der Waals surface area contributed by atoms with Gasteiger partial charge in [-0.15, -0.1) is 11.3 Å². The number of furan rings is 1. The summed E-state index contributed by atoms with van der Waals surface area (Å²) in [5.41, 5.74) is 0.917. The van der Waals surface area contributed by atoms with Crippen LogP contribution in [0.25, 0.3) is 0 Å². The van der Waals surface area contributed by atoms with Crippen molar-refractivity contribution in [2.24, 2.45) is 0 Å². The minimum absolute atomic E-state index is 0.114. The Hall–Kier alpha value is -2.35. The van der Waals surface area contributed by atoms with E-state index in [4.69, 9.17) is 9.52 Å². The summed E-state index contributed by atoms with van der Waals surface area (Å²) in [7, 11) is 0. The van der Waals surface area contributed by atoms with Gasteiger partial charge >= 0.3 is 12.0 Å². The number of aryl methyl sites for hydroxylation is 1. The molecule has 3 N–H and O–H groups in total. The molecule has 112 valence electrons. The number of nitrogens with one attached hydrogen (secondary N) is 2. The molecule has 0 saturated carbocycles. The molecular weight excluding hydrogens is 294 g/mol. The Balaban J connectivity index is 1.82. The minimum atomic E-state index is -1.14. The van der Waals surface area contributed by atoms with Crippen LogP contribution in [0.3, 0.4) is 0 Å². The molecule has 2 aromatic heterocycles. The van der Waals surface area contributed by atoms with Gasteiger partial charge in [0.15, 0.2) is 0 Å². The second-order valence-corrected chi connectivity index (χ2v) is 5.34. The Morgan fingerprint density at radius 1 is 1.48 bits per heavy atom. The molecule has 0 saturated heterocycles. The van der Waals surface area contributed by atoms with Crippen molar-refractivity contribution in [1.82, 2.24) is 15.6 Å². The van der Waals surface area contributed by atoms with Crippen LogP contribution in [0.2, 0.25) is 0 Å². The number of aromatic carboxylic acids is 1. The number of hydrogen-bond donors (Lipinski definition) is 3. The van der Waals surface area contributed by atoms with Crippen LogP contribution in [0.1, 0.15) is 40.0 Å². The van der Waals surface area contributed by atoms with Gasteiger partial charge in [-0.1, -0.05) is 0 Å². The molecule has 2 amide bonds. The lowest BCUT2D eigenvalue weighted by molar-refractivity contribution is 0.0660. The van der Waals surface area contributed by atoms with E-state index in [1.165, 1.54) is 23.5 Å². The zero-order valence-corrected chi connectivity index (χ0v) is 12.4. The van der Waals surface area contributed by atoms with Crippen LogP contribution in [0, 0.1) is 6.92 Å². The number of thiazole rings is 1. The Morgan fingerprint density at radius 3 is 2.81 bits per heavy atom. The number of carbonyl (C=O) groups is 2. The van der Waals surface area contributed by atoms with Crippen LogP contribution in [0.5, 0.6) is 0 Å². The van der Waals surface area contributed by atoms with E-state index < -0.39 is 5.97 Å². The van der Waals surface area contributed by atoms with Gasteiger partial charge in [-0.3, -0.25) is 0 Å². The molecule has 2 aromatic rings. The van der Waals surface area contributed by atoms with Gasteiger partial charge in [0.05, 0.1) is 12.6 Å². The van der Waals surface area contributed by atoms with Gasteiger partial charge in [0.25, 0.3) is 0 Å². The molecule has 0 aromatic carbocycles. The van der Waals surface area contributed by atoms with Crippen molar-refractivity contribution >= 4 is 23.3 Å². The van der Waals surface area contributed by atoms with Gasteiger partial charge in [-0.2, -0.15) is 0 Å². The fourth-order valence-corrected chi connectivity index (χ4v) is 2.44. The normalized spacial score (nSPS) is 11.9. The van der Waals surface area contributed by atoms with Crippen molar-refractivity contribution in [3.8, 4) is 0 Å². The third kappa shape index (κ3) is 4.06. The highest BCUT2D eigenvalue weighted by Gasteiger charge is 2.13. The molecule has 8 heteroatoms. The molecule has 1 unspecified atom stereocenters. The molecule has 7 nitrogen and oxygen atoms in total. The first-order valence-electron chi connectivity index (χ1n) is 6.24. The van der Waals surface area contributed by atoms with E-state index >= 15 is 0 Å². The van der Waals surface area contributed by atoms with Crippen LogP contribution in [0.4, 0.5) is 4.79 Å². The van der Waals surface area contributed by atoms with Gasteiger partial charge in [0.1, 0.15) is 10.8 Å². The monoisotopic (exact) mass is 309 g/mol. The van der Waals surface area contributed by atoms with Gasteiger partial charge in [-0.05, 0) is 26.0 Å². The maximum atomic E-state index is 11.7. The highest BCUT2D eigenvalue weighted by molar-refractivity contribution is 7.09. The summed E-state index contributed by atoms with van der Waals surface area (Å²) in [6.45, 7) is 3.85. The molecule has 2 rings (SSSR count). The van der Waals surface area contributed by atoms with E-state index in [0.29, 0.717) is 5.76 Å². The highest BCUT2D eigenvalue weighted by atomic mass is 32.1. The average Bonchev–Trinajstić information content (AvgIpc) is 3.05. The molecule has 2 heterocycles. The summed E-state index contributed by atoms with van der Waals surface area (Å²) in [6, 6.07) is 2.29. The molecule has 1 atom stereocenters. The maximum absolute atomic E-state index is 11.7. The lowest BCUT2D eigenvalue weighted by Crippen LogP contribution is -2.36. The zero-order valence-electron chi connectivity index (χ0n) is 11.5. The second-order valence-electron chi connectivity index (χ2n) is 4.45. The van der Waals surface area contributed by atoms with Gasteiger partial charge in [0, 0.05) is 11.1 Å². The quantitative estimate of drug-likeness (QED) is 0.786. The smallest absolute Gasteiger partial charge is 0.371 e. The number of carboxylic acid groups (broad SMARTS) is 1. The molecule has 0 spiro atoms. The Morgan fingerprint density at radius 2 is 2.24 bits per heavy atom. The van der Waals surface area contributed by atoms with Crippen LogP contribution in [0.15, 0.2) is 21.9 Å².